The number of carbonyl (C=O) groups excluding carboxylic acids is 1. The molecule has 0 aliphatic rings. The maximum atomic E-state index is 11.9. The monoisotopic (exact) mass is 328 g/mol. The molecule has 0 spiro atoms. The summed E-state index contributed by atoms with van der Waals surface area (Å²) in [6.07, 6.45) is -5.05. The molecular formula is C10H8F3IO. The van der Waals surface area contributed by atoms with Gasteiger partial charge < -0.3 is 0 Å². The normalized spacial score (nSPS) is 11.5. The van der Waals surface area contributed by atoms with Crippen molar-refractivity contribution in [1.29, 1.82) is 0 Å². The Balaban J connectivity index is 2.59. The second-order valence-electron chi connectivity index (χ2n) is 3.01. The van der Waals surface area contributed by atoms with E-state index in [1.54, 1.807) is 24.3 Å². The van der Waals surface area contributed by atoms with Gasteiger partial charge in [0.2, 0.25) is 5.78 Å². The molecule has 0 radical (unpaired) electrons. The maximum Gasteiger partial charge on any atom is 0.449 e. The van der Waals surface area contributed by atoms with Crippen molar-refractivity contribution in [2.24, 2.45) is 0 Å². The summed E-state index contributed by atoms with van der Waals surface area (Å²) in [5, 5.41) is 0. The standard InChI is InChI=1S/C10H8F3IO/c11-10(12,13)9(15)6-5-7-3-1-2-4-8(7)14/h1-4H,5-6H2. The average molecular weight is 328 g/mol. The summed E-state index contributed by atoms with van der Waals surface area (Å²) >= 11 is 2.04. The molecule has 82 valence electrons. The van der Waals surface area contributed by atoms with E-state index in [1.807, 2.05) is 22.6 Å². The zero-order valence-electron chi connectivity index (χ0n) is 7.64. The number of halogens is 4. The number of hydrogen-bond donors (Lipinski definition) is 0. The Labute approximate surface area is 98.8 Å². The van der Waals surface area contributed by atoms with Crippen molar-refractivity contribution in [2.75, 3.05) is 0 Å². The van der Waals surface area contributed by atoms with Gasteiger partial charge in [0.15, 0.2) is 0 Å². The Hall–Kier alpha value is -0.590. The van der Waals surface area contributed by atoms with Crippen molar-refractivity contribution < 1.29 is 18.0 Å². The highest BCUT2D eigenvalue weighted by Gasteiger charge is 2.37. The first kappa shape index (κ1) is 12.5. The van der Waals surface area contributed by atoms with Crippen LogP contribution in [-0.4, -0.2) is 12.0 Å². The first-order chi connectivity index (χ1) is 6.91. The number of aryl methyl sites for hydroxylation is 1. The molecule has 0 amide bonds. The lowest BCUT2D eigenvalue weighted by Gasteiger charge is -2.06. The van der Waals surface area contributed by atoms with Gasteiger partial charge >= 0.3 is 6.18 Å². The summed E-state index contributed by atoms with van der Waals surface area (Å²) < 4.78 is 36.6. The lowest BCUT2D eigenvalue weighted by molar-refractivity contribution is -0.171. The summed E-state index contributed by atoms with van der Waals surface area (Å²) in [7, 11) is 0. The molecular weight excluding hydrogens is 320 g/mol. The molecule has 0 N–H and O–H groups in total. The molecule has 0 unspecified atom stereocenters. The molecule has 0 fully saturated rings. The van der Waals surface area contributed by atoms with E-state index < -0.39 is 18.4 Å². The van der Waals surface area contributed by atoms with E-state index in [2.05, 4.69) is 0 Å². The molecule has 0 saturated heterocycles. The number of alkyl halides is 3. The molecule has 1 rings (SSSR count). The minimum Gasteiger partial charge on any atom is -0.290 e. The van der Waals surface area contributed by atoms with Crippen LogP contribution < -0.4 is 0 Å². The lowest BCUT2D eigenvalue weighted by atomic mass is 10.1. The molecule has 0 aromatic heterocycles. The Morgan fingerprint density at radius 1 is 1.27 bits per heavy atom. The fraction of sp³-hybridized carbons (Fsp3) is 0.300. The number of rotatable bonds is 3. The van der Waals surface area contributed by atoms with E-state index in [9.17, 15) is 18.0 Å². The first-order valence-corrected chi connectivity index (χ1v) is 5.32. The molecule has 0 bridgehead atoms. The number of carbonyl (C=O) groups is 1. The van der Waals surface area contributed by atoms with Crippen molar-refractivity contribution in [3.63, 3.8) is 0 Å². The van der Waals surface area contributed by atoms with Gasteiger partial charge in [0.1, 0.15) is 0 Å². The van der Waals surface area contributed by atoms with E-state index in [0.29, 0.717) is 0 Å². The van der Waals surface area contributed by atoms with Gasteiger partial charge in [-0.05, 0) is 40.6 Å². The Morgan fingerprint density at radius 3 is 2.40 bits per heavy atom. The van der Waals surface area contributed by atoms with Gasteiger partial charge in [-0.2, -0.15) is 13.2 Å². The van der Waals surface area contributed by atoms with E-state index >= 15 is 0 Å². The van der Waals surface area contributed by atoms with Crippen LogP contribution in [-0.2, 0) is 11.2 Å². The summed E-state index contributed by atoms with van der Waals surface area (Å²) in [5.41, 5.74) is 0.774. The SMILES string of the molecule is O=C(CCc1ccccc1I)C(F)(F)F. The molecule has 1 aromatic rings. The number of hydrogen-bond acceptors (Lipinski definition) is 1. The van der Waals surface area contributed by atoms with Crippen molar-refractivity contribution in [2.45, 2.75) is 19.0 Å². The zero-order valence-corrected chi connectivity index (χ0v) is 9.80. The summed E-state index contributed by atoms with van der Waals surface area (Å²) in [6.45, 7) is 0. The highest BCUT2D eigenvalue weighted by Crippen LogP contribution is 2.20. The molecule has 15 heavy (non-hydrogen) atoms. The average Bonchev–Trinajstić information content (AvgIpc) is 2.14. The molecule has 0 saturated carbocycles. The predicted molar refractivity (Wildman–Crippen MR) is 58.5 cm³/mol. The second kappa shape index (κ2) is 4.96. The van der Waals surface area contributed by atoms with E-state index in [0.717, 1.165) is 9.13 Å². The van der Waals surface area contributed by atoms with Gasteiger partial charge in [-0.25, -0.2) is 0 Å². The van der Waals surface area contributed by atoms with Crippen LogP contribution in [0.25, 0.3) is 0 Å². The highest BCUT2D eigenvalue weighted by molar-refractivity contribution is 14.1. The smallest absolute Gasteiger partial charge is 0.290 e. The van der Waals surface area contributed by atoms with Gasteiger partial charge in [-0.1, -0.05) is 18.2 Å². The Bertz CT molecular complexity index is 360. The Kier molecular flexibility index (Phi) is 4.12. The summed E-state index contributed by atoms with van der Waals surface area (Å²) in [4.78, 5) is 10.6. The molecule has 1 aromatic carbocycles. The molecule has 1 nitrogen and oxygen atoms in total. The molecule has 0 heterocycles. The number of ketones is 1. The molecule has 0 atom stereocenters. The fourth-order valence-electron chi connectivity index (χ4n) is 1.09. The second-order valence-corrected chi connectivity index (χ2v) is 4.17. The van der Waals surface area contributed by atoms with Crippen molar-refractivity contribution in [3.8, 4) is 0 Å². The number of Topliss-reactive ketones (excluding diaryl/α,β-unsaturated/α-hetero) is 1. The minimum atomic E-state index is -4.71. The molecule has 0 aliphatic carbocycles. The van der Waals surface area contributed by atoms with Crippen LogP contribution in [0.15, 0.2) is 24.3 Å². The van der Waals surface area contributed by atoms with Gasteiger partial charge in [-0.15, -0.1) is 0 Å². The van der Waals surface area contributed by atoms with E-state index in [4.69, 9.17) is 0 Å². The van der Waals surface area contributed by atoms with E-state index in [-0.39, 0.29) is 6.42 Å². The summed E-state index contributed by atoms with van der Waals surface area (Å²) in [5.74, 6) is -1.66. The Morgan fingerprint density at radius 2 is 1.87 bits per heavy atom. The highest BCUT2D eigenvalue weighted by atomic mass is 127. The van der Waals surface area contributed by atoms with Crippen molar-refractivity contribution in [3.05, 3.63) is 33.4 Å². The van der Waals surface area contributed by atoms with Gasteiger partial charge in [0.05, 0.1) is 0 Å². The van der Waals surface area contributed by atoms with Crippen LogP contribution in [0.3, 0.4) is 0 Å². The third-order valence-corrected chi connectivity index (χ3v) is 2.95. The summed E-state index contributed by atoms with van der Waals surface area (Å²) in [6, 6.07) is 7.08. The van der Waals surface area contributed by atoms with E-state index in [1.165, 1.54) is 0 Å². The zero-order chi connectivity index (χ0) is 11.5. The lowest BCUT2D eigenvalue weighted by Crippen LogP contribution is -2.22. The van der Waals surface area contributed by atoms with Crippen LogP contribution in [0.5, 0.6) is 0 Å². The van der Waals surface area contributed by atoms with Gasteiger partial charge in [0, 0.05) is 9.99 Å². The van der Waals surface area contributed by atoms with Crippen LogP contribution in [0, 0.1) is 3.57 Å². The van der Waals surface area contributed by atoms with Crippen molar-refractivity contribution in [1.82, 2.24) is 0 Å². The topological polar surface area (TPSA) is 17.1 Å². The fourth-order valence-corrected chi connectivity index (χ4v) is 1.75. The van der Waals surface area contributed by atoms with Gasteiger partial charge in [0.25, 0.3) is 0 Å². The van der Waals surface area contributed by atoms with Crippen LogP contribution >= 0.6 is 22.6 Å². The van der Waals surface area contributed by atoms with Crippen LogP contribution in [0.1, 0.15) is 12.0 Å². The number of benzene rings is 1. The molecule has 5 heteroatoms. The van der Waals surface area contributed by atoms with Crippen LogP contribution in [0.2, 0.25) is 0 Å². The third-order valence-electron chi connectivity index (χ3n) is 1.90. The quantitative estimate of drug-likeness (QED) is 0.778. The van der Waals surface area contributed by atoms with Crippen LogP contribution in [0.4, 0.5) is 13.2 Å². The van der Waals surface area contributed by atoms with Gasteiger partial charge in [-0.3, -0.25) is 4.79 Å². The van der Waals surface area contributed by atoms with Crippen molar-refractivity contribution >= 4 is 28.4 Å². The first-order valence-electron chi connectivity index (χ1n) is 4.24. The third kappa shape index (κ3) is 3.81. The minimum absolute atomic E-state index is 0.136. The maximum absolute atomic E-state index is 11.9. The molecule has 0 aliphatic heterocycles. The largest absolute Gasteiger partial charge is 0.449 e. The predicted octanol–water partition coefficient (Wildman–Crippen LogP) is 3.36.